The molecule has 0 bridgehead atoms. The molecule has 0 spiro atoms. The molecule has 6 heteroatoms. The summed E-state index contributed by atoms with van der Waals surface area (Å²) in [5.41, 5.74) is 1.32. The number of para-hydroxylation sites is 1. The van der Waals surface area contributed by atoms with E-state index in [9.17, 15) is 9.18 Å². The first-order valence-corrected chi connectivity index (χ1v) is 9.02. The van der Waals surface area contributed by atoms with Crippen LogP contribution >= 0.6 is 22.7 Å². The van der Waals surface area contributed by atoms with Crippen LogP contribution in [0.2, 0.25) is 0 Å². The van der Waals surface area contributed by atoms with Crippen LogP contribution in [0.4, 0.5) is 10.1 Å². The average molecular weight is 344 g/mol. The SMILES string of the molecule is O=C(c1cnc(-c2cccs2)s1)N1CCCc2cccc(F)c21. The lowest BCUT2D eigenvalue weighted by atomic mass is 10.0. The topological polar surface area (TPSA) is 33.2 Å². The Morgan fingerprint density at radius 2 is 2.17 bits per heavy atom. The molecule has 1 aliphatic heterocycles. The molecule has 23 heavy (non-hydrogen) atoms. The molecule has 2 aromatic heterocycles. The number of halogens is 1. The zero-order valence-corrected chi connectivity index (χ0v) is 13.8. The molecule has 0 saturated heterocycles. The molecular weight excluding hydrogens is 331 g/mol. The largest absolute Gasteiger partial charge is 0.305 e. The van der Waals surface area contributed by atoms with Crippen molar-refractivity contribution in [2.45, 2.75) is 12.8 Å². The highest BCUT2D eigenvalue weighted by Crippen LogP contribution is 2.34. The number of hydrogen-bond donors (Lipinski definition) is 0. The lowest BCUT2D eigenvalue weighted by molar-refractivity contribution is 0.0988. The van der Waals surface area contributed by atoms with Gasteiger partial charge in [-0.3, -0.25) is 4.79 Å². The van der Waals surface area contributed by atoms with E-state index in [0.717, 1.165) is 28.3 Å². The summed E-state index contributed by atoms with van der Waals surface area (Å²) in [6.45, 7) is 0.541. The fourth-order valence-corrected chi connectivity index (χ4v) is 4.50. The minimum atomic E-state index is -0.335. The Kier molecular flexibility index (Phi) is 3.71. The Morgan fingerprint density at radius 1 is 1.26 bits per heavy atom. The maximum atomic E-state index is 14.2. The van der Waals surface area contributed by atoms with Crippen molar-refractivity contribution in [2.24, 2.45) is 0 Å². The van der Waals surface area contributed by atoms with E-state index in [1.165, 1.54) is 17.4 Å². The van der Waals surface area contributed by atoms with E-state index < -0.39 is 0 Å². The Balaban J connectivity index is 1.69. The quantitative estimate of drug-likeness (QED) is 0.680. The average Bonchev–Trinajstić information content (AvgIpc) is 3.25. The van der Waals surface area contributed by atoms with E-state index in [1.807, 2.05) is 23.6 Å². The van der Waals surface area contributed by atoms with Gasteiger partial charge in [-0.1, -0.05) is 18.2 Å². The van der Waals surface area contributed by atoms with Crippen LogP contribution in [0.25, 0.3) is 9.88 Å². The first-order valence-electron chi connectivity index (χ1n) is 7.33. The van der Waals surface area contributed by atoms with Crippen LogP contribution < -0.4 is 4.90 Å². The van der Waals surface area contributed by atoms with Crippen LogP contribution in [0, 0.1) is 5.82 Å². The molecule has 3 aromatic rings. The number of carbonyl (C=O) groups excluding carboxylic acids is 1. The van der Waals surface area contributed by atoms with Crippen molar-refractivity contribution in [1.29, 1.82) is 0 Å². The van der Waals surface area contributed by atoms with Crippen molar-refractivity contribution in [3.05, 3.63) is 58.2 Å². The molecular formula is C17H13FN2OS2. The molecule has 1 aliphatic rings. The number of carbonyl (C=O) groups is 1. The second-order valence-electron chi connectivity index (χ2n) is 5.31. The van der Waals surface area contributed by atoms with E-state index in [4.69, 9.17) is 0 Å². The number of nitrogens with zero attached hydrogens (tertiary/aromatic N) is 2. The monoisotopic (exact) mass is 344 g/mol. The van der Waals surface area contributed by atoms with Gasteiger partial charge >= 0.3 is 0 Å². The highest BCUT2D eigenvalue weighted by atomic mass is 32.1. The van der Waals surface area contributed by atoms with Gasteiger partial charge in [0.05, 0.1) is 16.8 Å². The number of hydrogen-bond acceptors (Lipinski definition) is 4. The minimum absolute atomic E-state index is 0.170. The first kappa shape index (κ1) is 14.5. The molecule has 0 aliphatic carbocycles. The predicted molar refractivity (Wildman–Crippen MR) is 91.8 cm³/mol. The van der Waals surface area contributed by atoms with E-state index in [2.05, 4.69) is 4.98 Å². The minimum Gasteiger partial charge on any atom is -0.305 e. The molecule has 0 radical (unpaired) electrons. The van der Waals surface area contributed by atoms with Gasteiger partial charge in [0.1, 0.15) is 15.7 Å². The van der Waals surface area contributed by atoms with Gasteiger partial charge in [-0.2, -0.15) is 0 Å². The maximum Gasteiger partial charge on any atom is 0.270 e. The van der Waals surface area contributed by atoms with E-state index in [-0.39, 0.29) is 11.7 Å². The standard InChI is InChI=1S/C17H13FN2OS2/c18-12-6-1-4-11-5-2-8-20(15(11)12)17(21)14-10-19-16(23-14)13-7-3-9-22-13/h1,3-4,6-7,9-10H,2,5,8H2. The summed E-state index contributed by atoms with van der Waals surface area (Å²) in [6.07, 6.45) is 3.25. The summed E-state index contributed by atoms with van der Waals surface area (Å²) in [4.78, 5) is 20.3. The van der Waals surface area contributed by atoms with Gasteiger partial charge in [0, 0.05) is 6.54 Å². The molecule has 1 aromatic carbocycles. The molecule has 3 nitrogen and oxygen atoms in total. The second kappa shape index (κ2) is 5.86. The van der Waals surface area contributed by atoms with Gasteiger partial charge in [0.25, 0.3) is 5.91 Å². The lowest BCUT2D eigenvalue weighted by Crippen LogP contribution is -2.35. The van der Waals surface area contributed by atoms with Crippen molar-refractivity contribution < 1.29 is 9.18 Å². The molecule has 0 fully saturated rings. The molecule has 1 amide bonds. The number of thiazole rings is 1. The number of anilines is 1. The van der Waals surface area contributed by atoms with Gasteiger partial charge in [0.2, 0.25) is 0 Å². The third kappa shape index (κ3) is 2.58. The number of aryl methyl sites for hydroxylation is 1. The summed E-state index contributed by atoms with van der Waals surface area (Å²) >= 11 is 2.95. The van der Waals surface area contributed by atoms with Crippen molar-refractivity contribution in [2.75, 3.05) is 11.4 Å². The molecule has 0 saturated carbocycles. The molecule has 0 unspecified atom stereocenters. The Bertz CT molecular complexity index is 857. The van der Waals surface area contributed by atoms with E-state index >= 15 is 0 Å². The molecule has 0 atom stereocenters. The number of aromatic nitrogens is 1. The molecule has 4 rings (SSSR count). The third-order valence-electron chi connectivity index (χ3n) is 3.86. The summed E-state index contributed by atoms with van der Waals surface area (Å²) in [6, 6.07) is 8.94. The highest BCUT2D eigenvalue weighted by molar-refractivity contribution is 7.22. The Labute approximate surface area is 141 Å². The second-order valence-corrected chi connectivity index (χ2v) is 7.29. The van der Waals surface area contributed by atoms with Gasteiger partial charge in [-0.15, -0.1) is 22.7 Å². The van der Waals surface area contributed by atoms with Crippen LogP contribution in [0.15, 0.2) is 41.9 Å². The van der Waals surface area contributed by atoms with Crippen LogP contribution in [0.1, 0.15) is 21.7 Å². The normalized spacial score (nSPS) is 13.9. The van der Waals surface area contributed by atoms with Crippen LogP contribution in [0.3, 0.4) is 0 Å². The van der Waals surface area contributed by atoms with E-state index in [0.29, 0.717) is 17.1 Å². The van der Waals surface area contributed by atoms with Gasteiger partial charge in [0.15, 0.2) is 0 Å². The molecule has 116 valence electrons. The lowest BCUT2D eigenvalue weighted by Gasteiger charge is -2.29. The number of thiophene rings is 1. The Morgan fingerprint density at radius 3 is 3.00 bits per heavy atom. The zero-order chi connectivity index (χ0) is 15.8. The summed E-state index contributed by atoms with van der Waals surface area (Å²) in [5.74, 6) is -0.505. The third-order valence-corrected chi connectivity index (χ3v) is 5.89. The zero-order valence-electron chi connectivity index (χ0n) is 12.2. The summed E-state index contributed by atoms with van der Waals surface area (Å²) < 4.78 is 14.2. The highest BCUT2D eigenvalue weighted by Gasteiger charge is 2.27. The smallest absolute Gasteiger partial charge is 0.270 e. The van der Waals surface area contributed by atoms with Gasteiger partial charge in [-0.25, -0.2) is 9.37 Å². The molecule has 0 N–H and O–H groups in total. The molecule has 3 heterocycles. The van der Waals surface area contributed by atoms with Crippen molar-refractivity contribution in [3.8, 4) is 9.88 Å². The maximum absolute atomic E-state index is 14.2. The van der Waals surface area contributed by atoms with E-state index in [1.54, 1.807) is 28.5 Å². The predicted octanol–water partition coefficient (Wildman–Crippen LogP) is 4.60. The number of benzene rings is 1. The number of amides is 1. The fraction of sp³-hybridized carbons (Fsp3) is 0.176. The number of fused-ring (bicyclic) bond motifs is 1. The van der Waals surface area contributed by atoms with Crippen molar-refractivity contribution >= 4 is 34.3 Å². The van der Waals surface area contributed by atoms with Crippen molar-refractivity contribution in [1.82, 2.24) is 4.98 Å². The fourth-order valence-electron chi connectivity index (χ4n) is 2.83. The summed E-state index contributed by atoms with van der Waals surface area (Å²) in [7, 11) is 0. The van der Waals surface area contributed by atoms with Gasteiger partial charge < -0.3 is 4.90 Å². The number of rotatable bonds is 2. The Hall–Kier alpha value is -2.05. The summed E-state index contributed by atoms with van der Waals surface area (Å²) in [5, 5.41) is 2.81. The van der Waals surface area contributed by atoms with Crippen LogP contribution in [0.5, 0.6) is 0 Å². The van der Waals surface area contributed by atoms with Crippen LogP contribution in [-0.2, 0) is 6.42 Å². The van der Waals surface area contributed by atoms with Gasteiger partial charge in [-0.05, 0) is 35.9 Å². The first-order chi connectivity index (χ1) is 11.2. The van der Waals surface area contributed by atoms with Crippen LogP contribution in [-0.4, -0.2) is 17.4 Å². The van der Waals surface area contributed by atoms with Crippen molar-refractivity contribution in [3.63, 3.8) is 0 Å².